The Bertz CT molecular complexity index is 1740. The highest BCUT2D eigenvalue weighted by Gasteiger charge is 2.33. The molecular formula is C37H41F3N4O4. The number of ether oxygens (including phenoxy) is 1. The minimum absolute atomic E-state index is 0.183. The normalized spacial score (nSPS) is 14.5. The molecular weight excluding hydrogens is 621 g/mol. The molecule has 0 saturated carbocycles. The number of halogens is 3. The maximum absolute atomic E-state index is 14.5. The summed E-state index contributed by atoms with van der Waals surface area (Å²) in [4.78, 5) is 31.6. The highest BCUT2D eigenvalue weighted by atomic mass is 19.4. The molecule has 3 aromatic carbocycles. The summed E-state index contributed by atoms with van der Waals surface area (Å²) in [5.74, 6) is -0.942. The summed E-state index contributed by atoms with van der Waals surface area (Å²) in [5.41, 5.74) is 4.45. The molecule has 48 heavy (non-hydrogen) atoms. The molecule has 0 bridgehead atoms. The van der Waals surface area contributed by atoms with Crippen molar-refractivity contribution in [1.82, 2.24) is 19.6 Å². The molecule has 254 valence electrons. The number of unbranched alkanes of at least 4 members (excludes halogenated alkanes) is 2. The Kier molecular flexibility index (Phi) is 10.9. The molecule has 0 saturated heterocycles. The van der Waals surface area contributed by atoms with E-state index in [1.165, 1.54) is 18.2 Å². The first-order valence-corrected chi connectivity index (χ1v) is 16.4. The van der Waals surface area contributed by atoms with E-state index >= 15 is 0 Å². The monoisotopic (exact) mass is 662 g/mol. The molecule has 11 heteroatoms. The number of aliphatic hydroxyl groups is 1. The van der Waals surface area contributed by atoms with Crippen molar-refractivity contribution in [2.75, 3.05) is 19.7 Å². The van der Waals surface area contributed by atoms with Crippen LogP contribution >= 0.6 is 0 Å². The maximum atomic E-state index is 14.5. The predicted octanol–water partition coefficient (Wildman–Crippen LogP) is 7.35. The average molecular weight is 663 g/mol. The Morgan fingerprint density at radius 3 is 2.29 bits per heavy atom. The zero-order valence-corrected chi connectivity index (χ0v) is 27.5. The number of hydrogen-bond donors (Lipinski definition) is 1. The number of hydrogen-bond acceptors (Lipinski definition) is 5. The third-order valence-corrected chi connectivity index (χ3v) is 8.64. The number of fused-ring (bicyclic) bond motifs is 1. The molecule has 4 aromatic rings. The summed E-state index contributed by atoms with van der Waals surface area (Å²) in [7, 11) is 0. The number of nitrogens with zero attached hydrogens (tertiary/aromatic N) is 4. The first-order chi connectivity index (χ1) is 23.0. The minimum Gasteiger partial charge on any atom is -0.406 e. The standard InChI is InChI=1S/C37H41F3N4O4/c1-4-6-17-42(18-7-5-2)36(47)33-19-25(3)44(41-33)34-16-15-28(27-13-10-14-31(21-27)48-37(38,39)40)22-32(34)35(46)43-23-29-12-9-8-11-26(29)20-30(43)24-45/h8-16,19,21-22,30,45H,4-7,17-18,20,23-24H2,1-3H3/t30-/m0/s1. The fraction of sp³-hybridized carbons (Fsp3) is 0.378. The van der Waals surface area contributed by atoms with Crippen LogP contribution in [0.3, 0.4) is 0 Å². The predicted molar refractivity (Wildman–Crippen MR) is 177 cm³/mol. The van der Waals surface area contributed by atoms with Gasteiger partial charge in [0.2, 0.25) is 0 Å². The summed E-state index contributed by atoms with van der Waals surface area (Å²) < 4.78 is 44.7. The van der Waals surface area contributed by atoms with Crippen molar-refractivity contribution in [3.05, 3.63) is 101 Å². The number of carbonyl (C=O) groups excluding carboxylic acids is 2. The van der Waals surface area contributed by atoms with Crippen molar-refractivity contribution in [1.29, 1.82) is 0 Å². The Balaban J connectivity index is 1.59. The largest absolute Gasteiger partial charge is 0.573 e. The highest BCUT2D eigenvalue weighted by molar-refractivity contribution is 6.00. The van der Waals surface area contributed by atoms with Gasteiger partial charge in [0.05, 0.1) is 23.9 Å². The second kappa shape index (κ2) is 15.1. The van der Waals surface area contributed by atoms with Crippen molar-refractivity contribution in [3.63, 3.8) is 0 Å². The molecule has 0 aliphatic carbocycles. The Morgan fingerprint density at radius 2 is 1.62 bits per heavy atom. The van der Waals surface area contributed by atoms with Gasteiger partial charge in [-0.3, -0.25) is 9.59 Å². The second-order valence-corrected chi connectivity index (χ2v) is 12.1. The van der Waals surface area contributed by atoms with E-state index in [-0.39, 0.29) is 42.0 Å². The molecule has 1 atom stereocenters. The SMILES string of the molecule is CCCCN(CCCC)C(=O)c1cc(C)n(-c2ccc(-c3cccc(OC(F)(F)F)c3)cc2C(=O)N2Cc3ccccc3C[C@H]2CO)n1. The van der Waals surface area contributed by atoms with Crippen molar-refractivity contribution in [2.45, 2.75) is 71.8 Å². The number of alkyl halides is 3. The van der Waals surface area contributed by atoms with Crippen LogP contribution in [0.25, 0.3) is 16.8 Å². The van der Waals surface area contributed by atoms with Gasteiger partial charge in [-0.25, -0.2) is 4.68 Å². The molecule has 8 nitrogen and oxygen atoms in total. The molecule has 1 aliphatic rings. The molecule has 2 heterocycles. The van der Waals surface area contributed by atoms with Crippen molar-refractivity contribution in [2.24, 2.45) is 0 Å². The van der Waals surface area contributed by atoms with Crippen LogP contribution in [0.4, 0.5) is 13.2 Å². The topological polar surface area (TPSA) is 87.9 Å². The molecule has 0 unspecified atom stereocenters. The summed E-state index contributed by atoms with van der Waals surface area (Å²) in [6, 6.07) is 19.6. The summed E-state index contributed by atoms with van der Waals surface area (Å²) in [6.45, 7) is 7.21. The second-order valence-electron chi connectivity index (χ2n) is 12.1. The number of rotatable bonds is 12. The van der Waals surface area contributed by atoms with Crippen LogP contribution < -0.4 is 4.74 Å². The Morgan fingerprint density at radius 1 is 0.938 bits per heavy atom. The van der Waals surface area contributed by atoms with E-state index < -0.39 is 12.4 Å². The van der Waals surface area contributed by atoms with Gasteiger partial charge in [-0.1, -0.05) is 69.2 Å². The van der Waals surface area contributed by atoms with E-state index in [9.17, 15) is 27.9 Å². The van der Waals surface area contributed by atoms with Gasteiger partial charge in [0.15, 0.2) is 5.69 Å². The van der Waals surface area contributed by atoms with Crippen molar-refractivity contribution < 1.29 is 32.6 Å². The van der Waals surface area contributed by atoms with E-state index in [4.69, 9.17) is 5.10 Å². The zero-order chi connectivity index (χ0) is 34.4. The lowest BCUT2D eigenvalue weighted by molar-refractivity contribution is -0.274. The molecule has 0 spiro atoms. The molecule has 0 radical (unpaired) electrons. The maximum Gasteiger partial charge on any atom is 0.573 e. The van der Waals surface area contributed by atoms with Gasteiger partial charge >= 0.3 is 6.36 Å². The Labute approximate surface area is 278 Å². The summed E-state index contributed by atoms with van der Waals surface area (Å²) in [6.07, 6.45) is -0.757. The lowest BCUT2D eigenvalue weighted by atomic mass is 9.93. The van der Waals surface area contributed by atoms with Gasteiger partial charge in [-0.05, 0) is 78.8 Å². The van der Waals surface area contributed by atoms with Crippen LogP contribution in [0.5, 0.6) is 5.75 Å². The number of aryl methyl sites for hydroxylation is 1. The van der Waals surface area contributed by atoms with E-state index in [1.807, 2.05) is 29.2 Å². The van der Waals surface area contributed by atoms with Crippen LogP contribution in [0.15, 0.2) is 72.8 Å². The van der Waals surface area contributed by atoms with E-state index in [0.717, 1.165) is 36.8 Å². The lowest BCUT2D eigenvalue weighted by Crippen LogP contribution is -2.46. The van der Waals surface area contributed by atoms with Gasteiger partial charge in [-0.2, -0.15) is 5.10 Å². The van der Waals surface area contributed by atoms with Gasteiger partial charge in [0.25, 0.3) is 11.8 Å². The fourth-order valence-corrected chi connectivity index (χ4v) is 6.09. The van der Waals surface area contributed by atoms with E-state index in [1.54, 1.807) is 46.8 Å². The Hall–Kier alpha value is -4.64. The molecule has 2 amide bonds. The van der Waals surface area contributed by atoms with Gasteiger partial charge in [0.1, 0.15) is 5.75 Å². The highest BCUT2D eigenvalue weighted by Crippen LogP contribution is 2.33. The van der Waals surface area contributed by atoms with Crippen molar-refractivity contribution >= 4 is 11.8 Å². The van der Waals surface area contributed by atoms with Crippen LogP contribution in [0, 0.1) is 6.92 Å². The van der Waals surface area contributed by atoms with E-state index in [2.05, 4.69) is 18.6 Å². The number of amides is 2. The minimum atomic E-state index is -4.86. The average Bonchev–Trinajstić information content (AvgIpc) is 3.47. The third-order valence-electron chi connectivity index (χ3n) is 8.64. The van der Waals surface area contributed by atoms with Crippen molar-refractivity contribution in [3.8, 4) is 22.6 Å². The number of aliphatic hydroxyl groups excluding tert-OH is 1. The van der Waals surface area contributed by atoms with Crippen LogP contribution in [-0.2, 0) is 13.0 Å². The number of carbonyl (C=O) groups is 2. The van der Waals surface area contributed by atoms with Gasteiger partial charge in [-0.15, -0.1) is 13.2 Å². The molecule has 1 aliphatic heterocycles. The third kappa shape index (κ3) is 7.90. The van der Waals surface area contributed by atoms with Gasteiger partial charge in [0, 0.05) is 25.3 Å². The zero-order valence-electron chi connectivity index (χ0n) is 27.5. The fourth-order valence-electron chi connectivity index (χ4n) is 6.09. The summed E-state index contributed by atoms with van der Waals surface area (Å²) >= 11 is 0. The van der Waals surface area contributed by atoms with Crippen LogP contribution in [-0.4, -0.2) is 68.6 Å². The quantitative estimate of drug-likeness (QED) is 0.172. The van der Waals surface area contributed by atoms with E-state index in [0.29, 0.717) is 42.0 Å². The number of aromatic nitrogens is 2. The first-order valence-electron chi connectivity index (χ1n) is 16.4. The van der Waals surface area contributed by atoms with Gasteiger partial charge < -0.3 is 19.6 Å². The first kappa shape index (κ1) is 34.7. The molecule has 0 fully saturated rings. The molecule has 1 aromatic heterocycles. The number of benzene rings is 3. The lowest BCUT2D eigenvalue weighted by Gasteiger charge is -2.36. The molecule has 1 N–H and O–H groups in total. The summed E-state index contributed by atoms with van der Waals surface area (Å²) in [5, 5.41) is 15.0. The van der Waals surface area contributed by atoms with Crippen LogP contribution in [0.1, 0.15) is 77.2 Å². The smallest absolute Gasteiger partial charge is 0.406 e. The van der Waals surface area contributed by atoms with Crippen LogP contribution in [0.2, 0.25) is 0 Å². The molecule has 5 rings (SSSR count).